The molecule has 0 spiro atoms. The molecule has 2 aliphatic rings. The second-order valence-corrected chi connectivity index (χ2v) is 9.10. The van der Waals surface area contributed by atoms with Crippen LogP contribution in [0, 0.1) is 6.92 Å². The second kappa shape index (κ2) is 6.63. The third-order valence-corrected chi connectivity index (χ3v) is 6.90. The fourth-order valence-electron chi connectivity index (χ4n) is 4.19. The Balaban J connectivity index is 1.43. The van der Waals surface area contributed by atoms with Crippen LogP contribution in [0.3, 0.4) is 0 Å². The first-order chi connectivity index (χ1) is 14.3. The highest BCUT2D eigenvalue weighted by molar-refractivity contribution is 7.90. The summed E-state index contributed by atoms with van der Waals surface area (Å²) in [6.07, 6.45) is 3.00. The number of likely N-dealkylation sites (tertiary alicyclic amines) is 1. The summed E-state index contributed by atoms with van der Waals surface area (Å²) in [6.45, 7) is 2.46. The van der Waals surface area contributed by atoms with Gasteiger partial charge in [-0.3, -0.25) is 9.48 Å². The number of pyridine rings is 1. The lowest BCUT2D eigenvalue weighted by molar-refractivity contribution is -0.119. The topological polar surface area (TPSA) is 110 Å². The zero-order valence-electron chi connectivity index (χ0n) is 16.5. The molecule has 4 heterocycles. The van der Waals surface area contributed by atoms with Crippen molar-refractivity contribution in [3.05, 3.63) is 47.8 Å². The van der Waals surface area contributed by atoms with E-state index in [9.17, 15) is 13.2 Å². The van der Waals surface area contributed by atoms with Crippen molar-refractivity contribution in [2.45, 2.75) is 30.7 Å². The van der Waals surface area contributed by atoms with E-state index in [-0.39, 0.29) is 10.8 Å². The van der Waals surface area contributed by atoms with Crippen molar-refractivity contribution in [2.75, 3.05) is 11.9 Å². The minimum atomic E-state index is -3.73. The van der Waals surface area contributed by atoms with Gasteiger partial charge >= 0.3 is 0 Å². The molecular weight excluding hydrogens is 404 g/mol. The Kier molecular flexibility index (Phi) is 4.14. The predicted octanol–water partition coefficient (Wildman–Crippen LogP) is 1.83. The van der Waals surface area contributed by atoms with Crippen molar-refractivity contribution < 1.29 is 13.2 Å². The van der Waals surface area contributed by atoms with Gasteiger partial charge in [0.25, 0.3) is 10.0 Å². The van der Waals surface area contributed by atoms with Gasteiger partial charge < -0.3 is 10.2 Å². The van der Waals surface area contributed by atoms with Crippen molar-refractivity contribution in [1.82, 2.24) is 19.7 Å². The van der Waals surface area contributed by atoms with E-state index in [2.05, 4.69) is 19.8 Å². The summed E-state index contributed by atoms with van der Waals surface area (Å²) >= 11 is 0. The first-order valence-electron chi connectivity index (χ1n) is 9.66. The number of sulfonamides is 1. The zero-order valence-corrected chi connectivity index (χ0v) is 17.3. The highest BCUT2D eigenvalue weighted by Crippen LogP contribution is 2.31. The molecule has 0 unspecified atom stereocenters. The van der Waals surface area contributed by atoms with Gasteiger partial charge in [0, 0.05) is 24.5 Å². The Hall–Kier alpha value is -3.27. The molecule has 0 aliphatic carbocycles. The summed E-state index contributed by atoms with van der Waals surface area (Å²) in [6, 6.07) is 8.08. The van der Waals surface area contributed by atoms with Crippen LogP contribution >= 0.6 is 0 Å². The maximum absolute atomic E-state index is 13.1. The molecule has 3 aromatic rings. The fourth-order valence-corrected chi connectivity index (χ4v) is 5.41. The van der Waals surface area contributed by atoms with Gasteiger partial charge in [0.15, 0.2) is 11.5 Å². The maximum atomic E-state index is 13.1. The molecule has 1 aromatic carbocycles. The minimum Gasteiger partial charge on any atom is -0.343 e. The molecule has 154 valence electrons. The largest absolute Gasteiger partial charge is 0.343 e. The van der Waals surface area contributed by atoms with Gasteiger partial charge in [-0.2, -0.15) is 13.5 Å². The van der Waals surface area contributed by atoms with Crippen molar-refractivity contribution >= 4 is 38.5 Å². The number of amides is 1. The third kappa shape index (κ3) is 2.86. The quantitative estimate of drug-likeness (QED) is 0.672. The van der Waals surface area contributed by atoms with E-state index in [4.69, 9.17) is 0 Å². The van der Waals surface area contributed by atoms with Crippen LogP contribution in [-0.4, -0.2) is 52.4 Å². The minimum absolute atomic E-state index is 0.188. The number of hydrogen-bond donors (Lipinski definition) is 1. The average Bonchev–Trinajstić information content (AvgIpc) is 3.38. The third-order valence-electron chi connectivity index (χ3n) is 5.57. The number of carbonyl (C=O) groups is 1. The summed E-state index contributed by atoms with van der Waals surface area (Å²) < 4.78 is 30.5. The van der Waals surface area contributed by atoms with Gasteiger partial charge in [0.2, 0.25) is 5.91 Å². The standard InChI is InChI=1S/C20H20N6O3S/c1-12-15-10-13(11-21-18(15)25(2)23-12)22-20(27)16-7-5-9-26(16)19-14-6-3-4-8-17(14)30(28,29)24-19/h3-4,6,8,10-11,16H,5,7,9H2,1-2H3,(H,22,27)/t16-/m0/s1. The number of nitrogens with one attached hydrogen (secondary N) is 1. The number of anilines is 1. The van der Waals surface area contributed by atoms with Gasteiger partial charge in [-0.1, -0.05) is 12.1 Å². The van der Waals surface area contributed by atoms with Crippen LogP contribution in [0.15, 0.2) is 45.8 Å². The van der Waals surface area contributed by atoms with Crippen molar-refractivity contribution in [3.63, 3.8) is 0 Å². The summed E-state index contributed by atoms with van der Waals surface area (Å²) in [4.78, 5) is 19.5. The van der Waals surface area contributed by atoms with E-state index in [1.807, 2.05) is 20.0 Å². The molecule has 0 bridgehead atoms. The van der Waals surface area contributed by atoms with Crippen LogP contribution in [0.5, 0.6) is 0 Å². The van der Waals surface area contributed by atoms with Gasteiger partial charge in [-0.15, -0.1) is 4.40 Å². The molecular formula is C20H20N6O3S. The summed E-state index contributed by atoms with van der Waals surface area (Å²) in [5, 5.41) is 8.15. The molecule has 2 aliphatic heterocycles. The van der Waals surface area contributed by atoms with Crippen LogP contribution in [0.25, 0.3) is 11.0 Å². The van der Waals surface area contributed by atoms with Gasteiger partial charge in [-0.05, 0) is 38.0 Å². The number of aromatic nitrogens is 3. The summed E-state index contributed by atoms with van der Waals surface area (Å²) in [5.41, 5.74) is 2.71. The number of hydrogen-bond acceptors (Lipinski definition) is 6. The molecule has 1 atom stereocenters. The van der Waals surface area contributed by atoms with Crippen molar-refractivity contribution in [3.8, 4) is 0 Å². The lowest BCUT2D eigenvalue weighted by Crippen LogP contribution is -2.43. The van der Waals surface area contributed by atoms with E-state index in [0.717, 1.165) is 23.1 Å². The van der Waals surface area contributed by atoms with E-state index < -0.39 is 16.1 Å². The van der Waals surface area contributed by atoms with Crippen LogP contribution in [0.4, 0.5) is 5.69 Å². The van der Waals surface area contributed by atoms with E-state index in [1.54, 1.807) is 40.0 Å². The van der Waals surface area contributed by atoms with Gasteiger partial charge in [-0.25, -0.2) is 4.98 Å². The monoisotopic (exact) mass is 424 g/mol. The zero-order chi connectivity index (χ0) is 21.0. The molecule has 5 rings (SSSR count). The first kappa shape index (κ1) is 18.7. The molecule has 1 amide bonds. The van der Waals surface area contributed by atoms with Gasteiger partial charge in [0.1, 0.15) is 10.9 Å². The number of benzene rings is 1. The number of nitrogens with zero attached hydrogens (tertiary/aromatic N) is 5. The molecule has 30 heavy (non-hydrogen) atoms. The Bertz CT molecular complexity index is 1330. The van der Waals surface area contributed by atoms with Crippen LogP contribution in [0.2, 0.25) is 0 Å². The molecule has 1 N–H and O–H groups in total. The fraction of sp³-hybridized carbons (Fsp3) is 0.300. The van der Waals surface area contributed by atoms with E-state index in [0.29, 0.717) is 30.1 Å². The molecule has 2 aromatic heterocycles. The number of carbonyl (C=O) groups excluding carboxylic acids is 1. The lowest BCUT2D eigenvalue weighted by atomic mass is 10.1. The number of aryl methyl sites for hydroxylation is 2. The normalized spacial score (nSPS) is 19.7. The Morgan fingerprint density at radius 3 is 2.90 bits per heavy atom. The highest BCUT2D eigenvalue weighted by Gasteiger charge is 2.39. The van der Waals surface area contributed by atoms with Crippen LogP contribution in [-0.2, 0) is 21.9 Å². The van der Waals surface area contributed by atoms with E-state index in [1.165, 1.54) is 0 Å². The van der Waals surface area contributed by atoms with Gasteiger partial charge in [0.05, 0.1) is 17.6 Å². The SMILES string of the molecule is Cc1nn(C)c2ncc(NC(=O)[C@@H]3CCCN3C3=NS(=O)(=O)c4ccccc43)cc12. The molecule has 0 radical (unpaired) electrons. The van der Waals surface area contributed by atoms with Crippen LogP contribution in [0.1, 0.15) is 24.1 Å². The number of rotatable bonds is 2. The van der Waals surface area contributed by atoms with E-state index >= 15 is 0 Å². The highest BCUT2D eigenvalue weighted by atomic mass is 32.2. The van der Waals surface area contributed by atoms with Crippen molar-refractivity contribution in [2.24, 2.45) is 11.4 Å². The Labute approximate surface area is 173 Å². The average molecular weight is 424 g/mol. The smallest absolute Gasteiger partial charge is 0.285 e. The Morgan fingerprint density at radius 1 is 1.27 bits per heavy atom. The lowest BCUT2D eigenvalue weighted by Gasteiger charge is -2.25. The summed E-state index contributed by atoms with van der Waals surface area (Å²) in [7, 11) is -1.91. The maximum Gasteiger partial charge on any atom is 0.285 e. The molecule has 10 heteroatoms. The molecule has 0 saturated carbocycles. The Morgan fingerprint density at radius 2 is 2.07 bits per heavy atom. The predicted molar refractivity (Wildman–Crippen MR) is 112 cm³/mol. The second-order valence-electron chi connectivity index (χ2n) is 7.53. The van der Waals surface area contributed by atoms with Crippen LogP contribution < -0.4 is 5.32 Å². The molecule has 1 saturated heterocycles. The molecule has 9 nitrogen and oxygen atoms in total. The molecule has 1 fully saturated rings. The van der Waals surface area contributed by atoms with Crippen molar-refractivity contribution in [1.29, 1.82) is 0 Å². The summed E-state index contributed by atoms with van der Waals surface area (Å²) in [5.74, 6) is 0.139. The number of amidine groups is 1. The first-order valence-corrected chi connectivity index (χ1v) is 11.1. The number of fused-ring (bicyclic) bond motifs is 2.